The van der Waals surface area contributed by atoms with Crippen LogP contribution in [-0.2, 0) is 17.8 Å². The number of aryl methyl sites for hydroxylation is 1. The molecule has 0 aliphatic carbocycles. The number of likely N-dealkylation sites (N-methyl/N-ethyl adjacent to an activating group) is 1. The number of halogens is 2. The van der Waals surface area contributed by atoms with E-state index in [2.05, 4.69) is 4.98 Å². The molecule has 7 heteroatoms. The van der Waals surface area contributed by atoms with E-state index in [1.807, 2.05) is 6.92 Å². The minimum absolute atomic E-state index is 0.203. The highest BCUT2D eigenvalue weighted by Crippen LogP contribution is 2.20. The second-order valence-corrected chi connectivity index (χ2v) is 6.72. The van der Waals surface area contributed by atoms with Crippen LogP contribution in [0.5, 0.6) is 0 Å². The number of nitrogens with zero attached hydrogens (tertiary/aromatic N) is 3. The third-order valence-corrected chi connectivity index (χ3v) is 4.62. The summed E-state index contributed by atoms with van der Waals surface area (Å²) in [5.74, 6) is -0.364. The maximum Gasteiger partial charge on any atom is 0.254 e. The van der Waals surface area contributed by atoms with Crippen LogP contribution in [0, 0.1) is 5.82 Å². The molecule has 0 bridgehead atoms. The van der Waals surface area contributed by atoms with Crippen molar-refractivity contribution in [3.63, 3.8) is 0 Å². The Kier molecular flexibility index (Phi) is 5.90. The zero-order valence-electron chi connectivity index (χ0n) is 15.5. The van der Waals surface area contributed by atoms with Crippen LogP contribution in [0.25, 0.3) is 11.4 Å². The number of hydrogen-bond acceptors (Lipinski definition) is 3. The molecular weight excluding hydrogens is 381 g/mol. The van der Waals surface area contributed by atoms with Crippen molar-refractivity contribution in [3.05, 3.63) is 81.5 Å². The van der Waals surface area contributed by atoms with Crippen molar-refractivity contribution in [2.45, 2.75) is 19.9 Å². The van der Waals surface area contributed by atoms with Crippen LogP contribution in [0.1, 0.15) is 12.6 Å². The molecular formula is C21H19ClFN3O2. The zero-order chi connectivity index (χ0) is 20.3. The summed E-state index contributed by atoms with van der Waals surface area (Å²) in [6.45, 7) is 1.68. The van der Waals surface area contributed by atoms with Gasteiger partial charge in [0.1, 0.15) is 18.2 Å². The van der Waals surface area contributed by atoms with Crippen molar-refractivity contribution >= 4 is 23.2 Å². The fourth-order valence-electron chi connectivity index (χ4n) is 2.78. The number of rotatable bonds is 5. The SMILES string of the molecule is CCc1cc(=O)n(CC(=O)N(C)c2cccc(Cl)c2)c(-c2ccc(F)cc2)n1. The predicted molar refractivity (Wildman–Crippen MR) is 108 cm³/mol. The molecule has 3 aromatic rings. The van der Waals surface area contributed by atoms with Crippen molar-refractivity contribution in [1.29, 1.82) is 0 Å². The lowest BCUT2D eigenvalue weighted by atomic mass is 10.2. The molecule has 0 saturated heterocycles. The summed E-state index contributed by atoms with van der Waals surface area (Å²) in [6.07, 6.45) is 0.570. The standard InChI is InChI=1S/C21H19ClFN3O2/c1-3-17-12-19(27)26(21(24-17)14-7-9-16(23)10-8-14)13-20(28)25(2)18-6-4-5-15(22)11-18/h4-12H,3,13H2,1-2H3. The Labute approximate surface area is 167 Å². The molecule has 0 fully saturated rings. The Bertz CT molecular complexity index is 1060. The monoisotopic (exact) mass is 399 g/mol. The van der Waals surface area contributed by atoms with Gasteiger partial charge in [-0.1, -0.05) is 24.6 Å². The maximum absolute atomic E-state index is 13.3. The smallest absolute Gasteiger partial charge is 0.254 e. The maximum atomic E-state index is 13.3. The average Bonchev–Trinajstić information content (AvgIpc) is 2.69. The first-order valence-corrected chi connectivity index (χ1v) is 9.15. The van der Waals surface area contributed by atoms with Gasteiger partial charge in [-0.3, -0.25) is 14.2 Å². The van der Waals surface area contributed by atoms with Gasteiger partial charge < -0.3 is 4.90 Å². The van der Waals surface area contributed by atoms with Crippen LogP contribution in [0.2, 0.25) is 5.02 Å². The van der Waals surface area contributed by atoms with Gasteiger partial charge in [0.2, 0.25) is 5.91 Å². The number of amides is 1. The fourth-order valence-corrected chi connectivity index (χ4v) is 2.96. The molecule has 0 atom stereocenters. The number of anilines is 1. The molecule has 0 saturated carbocycles. The second kappa shape index (κ2) is 8.35. The summed E-state index contributed by atoms with van der Waals surface area (Å²) in [7, 11) is 1.62. The Hall–Kier alpha value is -2.99. The third-order valence-electron chi connectivity index (χ3n) is 4.39. The molecule has 0 radical (unpaired) electrons. The van der Waals surface area contributed by atoms with Crippen LogP contribution >= 0.6 is 11.6 Å². The van der Waals surface area contributed by atoms with Crippen LogP contribution in [-0.4, -0.2) is 22.5 Å². The molecule has 3 rings (SSSR count). The van der Waals surface area contributed by atoms with Crippen molar-refractivity contribution in [2.75, 3.05) is 11.9 Å². The molecule has 0 unspecified atom stereocenters. The van der Waals surface area contributed by atoms with Gasteiger partial charge in [-0.05, 0) is 48.9 Å². The van der Waals surface area contributed by atoms with E-state index in [1.54, 1.807) is 31.3 Å². The number of benzene rings is 2. The van der Waals surface area contributed by atoms with Crippen LogP contribution in [0.15, 0.2) is 59.4 Å². The highest BCUT2D eigenvalue weighted by Gasteiger charge is 2.17. The van der Waals surface area contributed by atoms with Gasteiger partial charge in [0.05, 0.1) is 0 Å². The minimum atomic E-state index is -0.388. The summed E-state index contributed by atoms with van der Waals surface area (Å²) in [6, 6.07) is 14.0. The summed E-state index contributed by atoms with van der Waals surface area (Å²) >= 11 is 6.00. The Morgan fingerprint density at radius 2 is 1.89 bits per heavy atom. The van der Waals surface area contributed by atoms with E-state index < -0.39 is 0 Å². The summed E-state index contributed by atoms with van der Waals surface area (Å²) in [5, 5.41) is 0.510. The highest BCUT2D eigenvalue weighted by atomic mass is 35.5. The van der Waals surface area contributed by atoms with E-state index in [0.717, 1.165) is 0 Å². The number of aromatic nitrogens is 2. The fraction of sp³-hybridized carbons (Fsp3) is 0.190. The van der Waals surface area contributed by atoms with E-state index >= 15 is 0 Å². The lowest BCUT2D eigenvalue weighted by Crippen LogP contribution is -2.35. The lowest BCUT2D eigenvalue weighted by molar-refractivity contribution is -0.118. The Morgan fingerprint density at radius 3 is 2.54 bits per heavy atom. The minimum Gasteiger partial charge on any atom is -0.314 e. The van der Waals surface area contributed by atoms with Gasteiger partial charge in [0.25, 0.3) is 5.56 Å². The van der Waals surface area contributed by atoms with Gasteiger partial charge in [0, 0.05) is 35.1 Å². The van der Waals surface area contributed by atoms with E-state index in [4.69, 9.17) is 11.6 Å². The molecule has 28 heavy (non-hydrogen) atoms. The first-order valence-electron chi connectivity index (χ1n) is 8.78. The predicted octanol–water partition coefficient (Wildman–Crippen LogP) is 3.93. The summed E-state index contributed by atoms with van der Waals surface area (Å²) < 4.78 is 14.6. The zero-order valence-corrected chi connectivity index (χ0v) is 16.3. The molecule has 2 aromatic carbocycles. The summed E-state index contributed by atoms with van der Waals surface area (Å²) in [4.78, 5) is 31.4. The molecule has 0 aliphatic heterocycles. The molecule has 1 aromatic heterocycles. The molecule has 0 N–H and O–H groups in total. The lowest BCUT2D eigenvalue weighted by Gasteiger charge is -2.20. The van der Waals surface area contributed by atoms with Crippen molar-refractivity contribution in [3.8, 4) is 11.4 Å². The van der Waals surface area contributed by atoms with E-state index in [1.165, 1.54) is 39.8 Å². The quantitative estimate of drug-likeness (QED) is 0.653. The average molecular weight is 400 g/mol. The Morgan fingerprint density at radius 1 is 1.18 bits per heavy atom. The molecule has 5 nitrogen and oxygen atoms in total. The molecule has 1 heterocycles. The molecule has 0 aliphatic rings. The van der Waals surface area contributed by atoms with Gasteiger partial charge >= 0.3 is 0 Å². The normalized spacial score (nSPS) is 10.7. The Balaban J connectivity index is 2.00. The van der Waals surface area contributed by atoms with Crippen LogP contribution in [0.3, 0.4) is 0 Å². The van der Waals surface area contributed by atoms with Gasteiger partial charge in [-0.15, -0.1) is 0 Å². The number of carbonyl (C=O) groups excluding carboxylic acids is 1. The van der Waals surface area contributed by atoms with Gasteiger partial charge in [-0.25, -0.2) is 9.37 Å². The van der Waals surface area contributed by atoms with Crippen molar-refractivity contribution < 1.29 is 9.18 Å². The van der Waals surface area contributed by atoms with Crippen LogP contribution in [0.4, 0.5) is 10.1 Å². The van der Waals surface area contributed by atoms with E-state index in [9.17, 15) is 14.0 Å². The van der Waals surface area contributed by atoms with Crippen molar-refractivity contribution in [2.24, 2.45) is 0 Å². The molecule has 0 spiro atoms. The highest BCUT2D eigenvalue weighted by molar-refractivity contribution is 6.30. The third kappa shape index (κ3) is 4.28. The van der Waals surface area contributed by atoms with Gasteiger partial charge in [-0.2, -0.15) is 0 Å². The second-order valence-electron chi connectivity index (χ2n) is 6.29. The van der Waals surface area contributed by atoms with Crippen molar-refractivity contribution in [1.82, 2.24) is 9.55 Å². The summed E-state index contributed by atoms with van der Waals surface area (Å²) in [5.41, 5.74) is 1.45. The largest absolute Gasteiger partial charge is 0.314 e. The van der Waals surface area contributed by atoms with Crippen LogP contribution < -0.4 is 10.5 Å². The number of carbonyl (C=O) groups is 1. The van der Waals surface area contributed by atoms with Gasteiger partial charge in [0.15, 0.2) is 0 Å². The molecule has 1 amide bonds. The topological polar surface area (TPSA) is 55.2 Å². The molecule has 144 valence electrons. The first-order chi connectivity index (χ1) is 13.4. The van der Waals surface area contributed by atoms with E-state index in [-0.39, 0.29) is 23.8 Å². The number of hydrogen-bond donors (Lipinski definition) is 0. The first kappa shape index (κ1) is 19.8. The van der Waals surface area contributed by atoms with E-state index in [0.29, 0.717) is 34.2 Å².